The smallest absolute Gasteiger partial charge is 0.343 e. The van der Waals surface area contributed by atoms with Crippen LogP contribution in [-0.4, -0.2) is 29.6 Å². The van der Waals surface area contributed by atoms with Gasteiger partial charge in [0.1, 0.15) is 17.2 Å². The summed E-state index contributed by atoms with van der Waals surface area (Å²) in [5.41, 5.74) is 2.03. The van der Waals surface area contributed by atoms with Crippen molar-refractivity contribution in [1.82, 2.24) is 0 Å². The highest BCUT2D eigenvalue weighted by atomic mass is 16.5. The molecule has 0 heterocycles. The normalized spacial score (nSPS) is 10.1. The minimum atomic E-state index is -0.741. The predicted octanol–water partition coefficient (Wildman–Crippen LogP) is 4.12. The van der Waals surface area contributed by atoms with Gasteiger partial charge in [0.2, 0.25) is 0 Å². The second kappa shape index (κ2) is 10.7. The van der Waals surface area contributed by atoms with Crippen molar-refractivity contribution in [3.8, 4) is 28.4 Å². The number of aliphatic hydroxyl groups is 1. The third-order valence-electron chi connectivity index (χ3n) is 4.42. The monoisotopic (exact) mass is 444 g/mol. The molecule has 0 radical (unpaired) electrons. The number of ether oxygens (including phenoxy) is 3. The summed E-state index contributed by atoms with van der Waals surface area (Å²) in [7, 11) is 0. The lowest BCUT2D eigenvalue weighted by atomic mass is 10.0. The summed E-state index contributed by atoms with van der Waals surface area (Å²) >= 11 is 0. The van der Waals surface area contributed by atoms with E-state index in [-0.39, 0.29) is 17.1 Å². The van der Waals surface area contributed by atoms with E-state index in [4.69, 9.17) is 19.3 Å². The number of hydrogen-bond donors (Lipinski definition) is 1. The average molecular weight is 444 g/mol. The summed E-state index contributed by atoms with van der Waals surface area (Å²) in [6.07, 6.45) is 1.09. The Morgan fingerprint density at radius 2 is 1.18 bits per heavy atom. The van der Waals surface area contributed by atoms with Gasteiger partial charge in [-0.25, -0.2) is 14.4 Å². The van der Waals surface area contributed by atoms with Crippen LogP contribution in [0.1, 0.15) is 10.4 Å². The number of carbonyl (C=O) groups excluding carboxylic acids is 3. The van der Waals surface area contributed by atoms with Gasteiger partial charge in [-0.05, 0) is 59.7 Å². The first-order valence-corrected chi connectivity index (χ1v) is 9.77. The Labute approximate surface area is 190 Å². The Morgan fingerprint density at radius 1 is 0.727 bits per heavy atom. The van der Waals surface area contributed by atoms with Gasteiger partial charge in [0, 0.05) is 6.08 Å². The molecular weight excluding hydrogens is 424 g/mol. The van der Waals surface area contributed by atoms with Crippen LogP contribution in [0.2, 0.25) is 0 Å². The summed E-state index contributed by atoms with van der Waals surface area (Å²) in [6, 6.07) is 19.6. The van der Waals surface area contributed by atoms with Gasteiger partial charge in [0.25, 0.3) is 0 Å². The zero-order chi connectivity index (χ0) is 23.8. The largest absolute Gasteiger partial charge is 0.423 e. The minimum absolute atomic E-state index is 0.0685. The Kier molecular flexibility index (Phi) is 7.51. The van der Waals surface area contributed by atoms with Crippen LogP contribution in [0, 0.1) is 0 Å². The van der Waals surface area contributed by atoms with E-state index in [2.05, 4.69) is 13.2 Å². The maximum Gasteiger partial charge on any atom is 0.343 e. The van der Waals surface area contributed by atoms with Crippen LogP contribution in [0.15, 0.2) is 97.6 Å². The van der Waals surface area contributed by atoms with Crippen LogP contribution in [0.5, 0.6) is 17.2 Å². The van der Waals surface area contributed by atoms with E-state index in [1.165, 1.54) is 24.3 Å². The topological polar surface area (TPSA) is 99.1 Å². The number of esters is 3. The first-order valence-electron chi connectivity index (χ1n) is 9.77. The standard InChI is InChI=1S/C26H20O7/c1-3-24(28)31-21-10-8-19(9-11-21)18-4-6-20(7-5-18)26(30)33-23-14-12-22(13-15-23)32-25(29)17(2)16-27/h3-15,27H,1-2,16H2. The maximum absolute atomic E-state index is 12.4. The molecular formula is C26H20O7. The zero-order valence-electron chi connectivity index (χ0n) is 17.5. The zero-order valence-corrected chi connectivity index (χ0v) is 17.5. The molecule has 7 heteroatoms. The molecule has 0 saturated heterocycles. The molecule has 0 bridgehead atoms. The lowest BCUT2D eigenvalue weighted by Gasteiger charge is -2.08. The first kappa shape index (κ1) is 23.2. The first-order chi connectivity index (χ1) is 15.9. The highest BCUT2D eigenvalue weighted by Crippen LogP contribution is 2.24. The van der Waals surface area contributed by atoms with Gasteiger partial charge in [-0.2, -0.15) is 0 Å². The van der Waals surface area contributed by atoms with Gasteiger partial charge in [-0.15, -0.1) is 0 Å². The molecule has 0 aliphatic rings. The molecule has 0 fully saturated rings. The van der Waals surface area contributed by atoms with Gasteiger partial charge in [-0.3, -0.25) is 0 Å². The quantitative estimate of drug-likeness (QED) is 0.317. The van der Waals surface area contributed by atoms with Crippen molar-refractivity contribution < 1.29 is 33.7 Å². The molecule has 0 amide bonds. The van der Waals surface area contributed by atoms with Crippen molar-refractivity contribution in [1.29, 1.82) is 0 Å². The van der Waals surface area contributed by atoms with Crippen molar-refractivity contribution in [2.24, 2.45) is 0 Å². The van der Waals surface area contributed by atoms with E-state index < -0.39 is 24.5 Å². The van der Waals surface area contributed by atoms with Crippen LogP contribution < -0.4 is 14.2 Å². The molecule has 3 aromatic rings. The molecule has 0 saturated carbocycles. The molecule has 3 aromatic carbocycles. The highest BCUT2D eigenvalue weighted by Gasteiger charge is 2.11. The molecule has 0 atom stereocenters. The second-order valence-corrected chi connectivity index (χ2v) is 6.74. The molecule has 3 rings (SSSR count). The Balaban J connectivity index is 1.61. The summed E-state index contributed by atoms with van der Waals surface area (Å²) in [5, 5.41) is 8.89. The van der Waals surface area contributed by atoms with Crippen molar-refractivity contribution in [3.05, 3.63) is 103 Å². The van der Waals surface area contributed by atoms with E-state index in [9.17, 15) is 14.4 Å². The fourth-order valence-corrected chi connectivity index (χ4v) is 2.66. The molecule has 7 nitrogen and oxygen atoms in total. The van der Waals surface area contributed by atoms with E-state index >= 15 is 0 Å². The lowest BCUT2D eigenvalue weighted by Crippen LogP contribution is -2.13. The summed E-state index contributed by atoms with van der Waals surface area (Å²) in [6.45, 7) is 6.24. The van der Waals surface area contributed by atoms with Gasteiger partial charge in [0.05, 0.1) is 17.7 Å². The molecule has 0 aliphatic heterocycles. The second-order valence-electron chi connectivity index (χ2n) is 6.74. The third kappa shape index (κ3) is 6.25. The summed E-state index contributed by atoms with van der Waals surface area (Å²) in [4.78, 5) is 35.3. The average Bonchev–Trinajstić information content (AvgIpc) is 2.85. The molecule has 1 N–H and O–H groups in total. The van der Waals surface area contributed by atoms with Crippen LogP contribution in [0.25, 0.3) is 11.1 Å². The number of hydrogen-bond acceptors (Lipinski definition) is 7. The fourth-order valence-electron chi connectivity index (χ4n) is 2.66. The van der Waals surface area contributed by atoms with Crippen molar-refractivity contribution in [2.75, 3.05) is 6.61 Å². The van der Waals surface area contributed by atoms with Crippen molar-refractivity contribution in [3.63, 3.8) is 0 Å². The summed E-state index contributed by atoms with van der Waals surface area (Å²) < 4.78 is 15.4. The minimum Gasteiger partial charge on any atom is -0.423 e. The van der Waals surface area contributed by atoms with Gasteiger partial charge in [0.15, 0.2) is 0 Å². The third-order valence-corrected chi connectivity index (χ3v) is 4.42. The fraction of sp³-hybridized carbons (Fsp3) is 0.0385. The Bertz CT molecular complexity index is 1170. The van der Waals surface area contributed by atoms with Gasteiger partial charge in [-0.1, -0.05) is 37.4 Å². The lowest BCUT2D eigenvalue weighted by molar-refractivity contribution is -0.131. The number of carbonyl (C=O) groups is 3. The van der Waals surface area contributed by atoms with E-state index in [1.54, 1.807) is 48.5 Å². The molecule has 0 aliphatic carbocycles. The van der Waals surface area contributed by atoms with Crippen LogP contribution >= 0.6 is 0 Å². The number of aliphatic hydroxyl groups excluding tert-OH is 1. The van der Waals surface area contributed by atoms with E-state index in [0.29, 0.717) is 11.3 Å². The maximum atomic E-state index is 12.4. The van der Waals surface area contributed by atoms with Gasteiger partial charge >= 0.3 is 17.9 Å². The highest BCUT2D eigenvalue weighted by molar-refractivity contribution is 5.92. The van der Waals surface area contributed by atoms with Crippen LogP contribution in [0.4, 0.5) is 0 Å². The Hall–Kier alpha value is -4.49. The molecule has 0 aromatic heterocycles. The predicted molar refractivity (Wildman–Crippen MR) is 121 cm³/mol. The number of benzene rings is 3. The molecule has 0 unspecified atom stereocenters. The van der Waals surface area contributed by atoms with Gasteiger partial charge < -0.3 is 19.3 Å². The van der Waals surface area contributed by atoms with E-state index in [1.807, 2.05) is 0 Å². The SMILES string of the molecule is C=CC(=O)Oc1ccc(-c2ccc(C(=O)Oc3ccc(OC(=O)C(=C)CO)cc3)cc2)cc1. The molecule has 33 heavy (non-hydrogen) atoms. The van der Waals surface area contributed by atoms with Crippen molar-refractivity contribution in [2.45, 2.75) is 0 Å². The molecule has 166 valence electrons. The van der Waals surface area contributed by atoms with E-state index in [0.717, 1.165) is 17.2 Å². The summed E-state index contributed by atoms with van der Waals surface area (Å²) in [5.74, 6) is -0.920. The van der Waals surface area contributed by atoms with Crippen molar-refractivity contribution >= 4 is 17.9 Å². The molecule has 0 spiro atoms. The Morgan fingerprint density at radius 3 is 1.70 bits per heavy atom. The van der Waals surface area contributed by atoms with Crippen LogP contribution in [0.3, 0.4) is 0 Å². The van der Waals surface area contributed by atoms with Crippen LogP contribution in [-0.2, 0) is 9.59 Å². The number of rotatable bonds is 8.